The van der Waals surface area contributed by atoms with Crippen molar-refractivity contribution in [3.8, 4) is 0 Å². The van der Waals surface area contributed by atoms with E-state index in [1.807, 2.05) is 0 Å². The highest BCUT2D eigenvalue weighted by molar-refractivity contribution is 5.98. The van der Waals surface area contributed by atoms with Crippen molar-refractivity contribution in [3.63, 3.8) is 0 Å². The second kappa shape index (κ2) is 9.41. The summed E-state index contributed by atoms with van der Waals surface area (Å²) in [5.74, 6) is -2.96. The molecule has 1 aromatic rings. The largest absolute Gasteiger partial charge is 0.480 e. The molecule has 0 aromatic heterocycles. The number of hydrogen-bond donors (Lipinski definition) is 4. The van der Waals surface area contributed by atoms with Crippen LogP contribution in [0.1, 0.15) is 31.1 Å². The highest BCUT2D eigenvalue weighted by Crippen LogP contribution is 2.03. The van der Waals surface area contributed by atoms with Crippen LogP contribution >= 0.6 is 0 Å². The van der Waals surface area contributed by atoms with E-state index in [1.165, 1.54) is 6.92 Å². The Morgan fingerprint density at radius 3 is 2.08 bits per heavy atom. The Kier molecular flexibility index (Phi) is 7.58. The van der Waals surface area contributed by atoms with Gasteiger partial charge in [-0.1, -0.05) is 32.0 Å². The number of carboxylic acids is 1. The highest BCUT2D eigenvalue weighted by atomic mass is 16.4. The fourth-order valence-corrected chi connectivity index (χ4v) is 2.02. The molecule has 136 valence electrons. The van der Waals surface area contributed by atoms with Crippen molar-refractivity contribution in [2.45, 2.75) is 32.9 Å². The fourth-order valence-electron chi connectivity index (χ4n) is 2.02. The Labute approximate surface area is 146 Å². The van der Waals surface area contributed by atoms with E-state index in [4.69, 9.17) is 5.11 Å². The smallest absolute Gasteiger partial charge is 0.322 e. The van der Waals surface area contributed by atoms with Gasteiger partial charge < -0.3 is 21.1 Å². The lowest BCUT2D eigenvalue weighted by atomic mass is 10.0. The number of carboxylic acid groups (broad SMARTS) is 1. The molecule has 0 aliphatic heterocycles. The predicted octanol–water partition coefficient (Wildman–Crippen LogP) is 0.147. The van der Waals surface area contributed by atoms with Crippen molar-refractivity contribution in [2.75, 3.05) is 6.54 Å². The standard InChI is InChI=1S/C17H23N3O5/c1-10(2)14(17(25)18-9-13(21)22)20-15(23)11(3)19-16(24)12-7-5-4-6-8-12/h4-8,10-11,14H,9H2,1-3H3,(H,18,25)(H,19,24)(H,20,23)(H,21,22). The molecule has 2 atom stereocenters. The maximum Gasteiger partial charge on any atom is 0.322 e. The molecule has 0 heterocycles. The number of rotatable bonds is 8. The third-order valence-electron chi connectivity index (χ3n) is 3.44. The molecule has 0 spiro atoms. The summed E-state index contributed by atoms with van der Waals surface area (Å²) in [5.41, 5.74) is 0.418. The van der Waals surface area contributed by atoms with E-state index in [0.29, 0.717) is 5.56 Å². The Balaban J connectivity index is 2.65. The van der Waals surface area contributed by atoms with Gasteiger partial charge in [-0.2, -0.15) is 0 Å². The number of nitrogens with one attached hydrogen (secondary N) is 3. The Morgan fingerprint density at radius 1 is 0.960 bits per heavy atom. The first-order valence-electron chi connectivity index (χ1n) is 7.88. The topological polar surface area (TPSA) is 125 Å². The van der Waals surface area contributed by atoms with Crippen LogP contribution in [0.2, 0.25) is 0 Å². The van der Waals surface area contributed by atoms with Gasteiger partial charge in [0.25, 0.3) is 5.91 Å². The zero-order valence-electron chi connectivity index (χ0n) is 14.4. The van der Waals surface area contributed by atoms with Gasteiger partial charge in [0.15, 0.2) is 0 Å². The van der Waals surface area contributed by atoms with Crippen LogP contribution in [-0.4, -0.2) is 47.4 Å². The number of carbonyl (C=O) groups excluding carboxylic acids is 3. The van der Waals surface area contributed by atoms with Gasteiger partial charge in [0.05, 0.1) is 0 Å². The Morgan fingerprint density at radius 2 is 1.56 bits per heavy atom. The summed E-state index contributed by atoms with van der Waals surface area (Å²) in [4.78, 5) is 46.8. The second-order valence-electron chi connectivity index (χ2n) is 5.90. The van der Waals surface area contributed by atoms with E-state index in [-0.39, 0.29) is 5.92 Å². The molecule has 0 aliphatic carbocycles. The molecule has 8 nitrogen and oxygen atoms in total. The zero-order valence-corrected chi connectivity index (χ0v) is 14.4. The van der Waals surface area contributed by atoms with E-state index in [0.717, 1.165) is 0 Å². The van der Waals surface area contributed by atoms with Crippen molar-refractivity contribution in [1.29, 1.82) is 0 Å². The van der Waals surface area contributed by atoms with Gasteiger partial charge in [0, 0.05) is 5.56 Å². The van der Waals surface area contributed by atoms with E-state index < -0.39 is 42.3 Å². The summed E-state index contributed by atoms with van der Waals surface area (Å²) in [5, 5.41) is 15.9. The molecule has 2 unspecified atom stereocenters. The summed E-state index contributed by atoms with van der Waals surface area (Å²) in [7, 11) is 0. The third kappa shape index (κ3) is 6.62. The molecule has 1 aromatic carbocycles. The SMILES string of the molecule is CC(NC(=O)c1ccccc1)C(=O)NC(C(=O)NCC(=O)O)C(C)C. The van der Waals surface area contributed by atoms with Gasteiger partial charge in [-0.3, -0.25) is 19.2 Å². The average molecular weight is 349 g/mol. The van der Waals surface area contributed by atoms with Gasteiger partial charge in [-0.25, -0.2) is 0 Å². The van der Waals surface area contributed by atoms with Crippen LogP contribution < -0.4 is 16.0 Å². The molecule has 0 saturated carbocycles. The van der Waals surface area contributed by atoms with E-state index in [9.17, 15) is 19.2 Å². The van der Waals surface area contributed by atoms with Crippen LogP contribution in [0.5, 0.6) is 0 Å². The first-order chi connectivity index (χ1) is 11.7. The van der Waals surface area contributed by atoms with Crippen molar-refractivity contribution in [3.05, 3.63) is 35.9 Å². The van der Waals surface area contributed by atoms with Gasteiger partial charge >= 0.3 is 5.97 Å². The molecule has 0 saturated heterocycles. The van der Waals surface area contributed by atoms with Crippen molar-refractivity contribution in [1.82, 2.24) is 16.0 Å². The molecular formula is C17H23N3O5. The van der Waals surface area contributed by atoms with Gasteiger partial charge in [0.1, 0.15) is 18.6 Å². The van der Waals surface area contributed by atoms with Crippen LogP contribution in [0.25, 0.3) is 0 Å². The lowest BCUT2D eigenvalue weighted by molar-refractivity contribution is -0.138. The Hall–Kier alpha value is -2.90. The molecule has 0 bridgehead atoms. The summed E-state index contributed by atoms with van der Waals surface area (Å²) in [6.07, 6.45) is 0. The summed E-state index contributed by atoms with van der Waals surface area (Å²) < 4.78 is 0. The molecule has 8 heteroatoms. The van der Waals surface area contributed by atoms with Gasteiger partial charge in [-0.05, 0) is 25.0 Å². The molecule has 0 aliphatic rings. The minimum atomic E-state index is -1.18. The van der Waals surface area contributed by atoms with Gasteiger partial charge in [0.2, 0.25) is 11.8 Å². The average Bonchev–Trinajstić information content (AvgIpc) is 2.57. The highest BCUT2D eigenvalue weighted by Gasteiger charge is 2.27. The molecule has 25 heavy (non-hydrogen) atoms. The normalized spacial score (nSPS) is 12.8. The van der Waals surface area contributed by atoms with Crippen LogP contribution in [0.3, 0.4) is 0 Å². The predicted molar refractivity (Wildman–Crippen MR) is 90.8 cm³/mol. The summed E-state index contributed by atoms with van der Waals surface area (Å²) in [6, 6.07) is 6.68. The molecular weight excluding hydrogens is 326 g/mol. The van der Waals surface area contributed by atoms with Crippen molar-refractivity contribution < 1.29 is 24.3 Å². The fraction of sp³-hybridized carbons (Fsp3) is 0.412. The number of benzene rings is 1. The first kappa shape index (κ1) is 20.1. The van der Waals surface area contributed by atoms with Crippen LogP contribution in [0.4, 0.5) is 0 Å². The minimum Gasteiger partial charge on any atom is -0.480 e. The maximum absolute atomic E-state index is 12.2. The minimum absolute atomic E-state index is 0.255. The molecule has 0 radical (unpaired) electrons. The lowest BCUT2D eigenvalue weighted by Crippen LogP contribution is -2.55. The zero-order chi connectivity index (χ0) is 19.0. The molecule has 0 fully saturated rings. The van der Waals surface area contributed by atoms with Crippen LogP contribution in [-0.2, 0) is 14.4 Å². The molecule has 1 rings (SSSR count). The lowest BCUT2D eigenvalue weighted by Gasteiger charge is -2.23. The second-order valence-corrected chi connectivity index (χ2v) is 5.90. The summed E-state index contributed by atoms with van der Waals surface area (Å²) >= 11 is 0. The molecule has 4 N–H and O–H groups in total. The Bertz CT molecular complexity index is 630. The number of hydrogen-bond acceptors (Lipinski definition) is 4. The monoisotopic (exact) mass is 349 g/mol. The molecule has 3 amide bonds. The van der Waals surface area contributed by atoms with E-state index in [1.54, 1.807) is 44.2 Å². The van der Waals surface area contributed by atoms with E-state index >= 15 is 0 Å². The van der Waals surface area contributed by atoms with E-state index in [2.05, 4.69) is 16.0 Å². The summed E-state index contributed by atoms with van der Waals surface area (Å²) in [6.45, 7) is 4.41. The van der Waals surface area contributed by atoms with Gasteiger partial charge in [-0.15, -0.1) is 0 Å². The third-order valence-corrected chi connectivity index (χ3v) is 3.44. The van der Waals surface area contributed by atoms with Crippen molar-refractivity contribution in [2.24, 2.45) is 5.92 Å². The quantitative estimate of drug-likeness (QED) is 0.532. The van der Waals surface area contributed by atoms with Crippen LogP contribution in [0.15, 0.2) is 30.3 Å². The van der Waals surface area contributed by atoms with Crippen LogP contribution in [0, 0.1) is 5.92 Å². The number of carbonyl (C=O) groups is 4. The number of aliphatic carboxylic acids is 1. The van der Waals surface area contributed by atoms with Crippen molar-refractivity contribution >= 4 is 23.7 Å². The maximum atomic E-state index is 12.2. The number of amides is 3. The first-order valence-corrected chi connectivity index (χ1v) is 7.88.